The standard InChI is InChI=1S/C12H14N2O/c1-9-2-3-10-8-14-12(13-4-5-15)7-11(10)6-9/h2-3,6-8,15H,4-5H2,1H3,(H,13,14). The largest absolute Gasteiger partial charge is 0.395 e. The molecule has 0 saturated heterocycles. The molecule has 0 fully saturated rings. The molecule has 0 radical (unpaired) electrons. The van der Waals surface area contributed by atoms with Crippen LogP contribution in [0, 0.1) is 6.92 Å². The number of hydrogen-bond donors (Lipinski definition) is 2. The number of nitrogens with zero attached hydrogens (tertiary/aromatic N) is 1. The molecule has 0 spiro atoms. The molecule has 0 unspecified atom stereocenters. The Bertz CT molecular complexity index is 468. The first-order chi connectivity index (χ1) is 7.29. The monoisotopic (exact) mass is 202 g/mol. The predicted molar refractivity (Wildman–Crippen MR) is 62.1 cm³/mol. The van der Waals surface area contributed by atoms with Crippen LogP contribution in [0.15, 0.2) is 30.5 Å². The molecule has 2 rings (SSSR count). The Hall–Kier alpha value is -1.61. The predicted octanol–water partition coefficient (Wildman–Crippen LogP) is 1.95. The lowest BCUT2D eigenvalue weighted by molar-refractivity contribution is 0.311. The van der Waals surface area contributed by atoms with E-state index in [9.17, 15) is 0 Å². The zero-order chi connectivity index (χ0) is 10.7. The Kier molecular flexibility index (Phi) is 2.83. The number of aryl methyl sites for hydroxylation is 1. The Morgan fingerprint density at radius 2 is 2.13 bits per heavy atom. The van der Waals surface area contributed by atoms with E-state index in [0.29, 0.717) is 6.54 Å². The SMILES string of the molecule is Cc1ccc2cnc(NCCO)cc2c1. The Morgan fingerprint density at radius 1 is 1.27 bits per heavy atom. The summed E-state index contributed by atoms with van der Waals surface area (Å²) >= 11 is 0. The molecule has 15 heavy (non-hydrogen) atoms. The molecule has 0 aliphatic rings. The lowest BCUT2D eigenvalue weighted by atomic mass is 10.1. The van der Waals surface area contributed by atoms with Crippen molar-refractivity contribution in [2.24, 2.45) is 0 Å². The van der Waals surface area contributed by atoms with Gasteiger partial charge in [0.25, 0.3) is 0 Å². The third-order valence-electron chi connectivity index (χ3n) is 2.30. The first kappa shape index (κ1) is 9.93. The second-order valence-corrected chi connectivity index (χ2v) is 3.57. The molecule has 3 nitrogen and oxygen atoms in total. The van der Waals surface area contributed by atoms with Gasteiger partial charge in [-0.3, -0.25) is 0 Å². The van der Waals surface area contributed by atoms with Gasteiger partial charge in [-0.15, -0.1) is 0 Å². The first-order valence-electron chi connectivity index (χ1n) is 5.01. The van der Waals surface area contributed by atoms with Gasteiger partial charge in [0.15, 0.2) is 0 Å². The summed E-state index contributed by atoms with van der Waals surface area (Å²) < 4.78 is 0. The van der Waals surface area contributed by atoms with Crippen LogP contribution in [0.1, 0.15) is 5.56 Å². The molecule has 0 atom stereocenters. The molecule has 1 aromatic heterocycles. The smallest absolute Gasteiger partial charge is 0.126 e. The van der Waals surface area contributed by atoms with Crippen molar-refractivity contribution in [1.82, 2.24) is 4.98 Å². The van der Waals surface area contributed by atoms with E-state index in [1.807, 2.05) is 12.3 Å². The van der Waals surface area contributed by atoms with Crippen LogP contribution < -0.4 is 5.32 Å². The molecule has 1 aromatic carbocycles. The fourth-order valence-corrected chi connectivity index (χ4v) is 1.54. The number of aromatic nitrogens is 1. The van der Waals surface area contributed by atoms with Crippen molar-refractivity contribution >= 4 is 16.6 Å². The van der Waals surface area contributed by atoms with Crippen molar-refractivity contribution in [3.05, 3.63) is 36.0 Å². The average molecular weight is 202 g/mol. The van der Waals surface area contributed by atoms with Crippen molar-refractivity contribution in [2.75, 3.05) is 18.5 Å². The molecular formula is C12H14N2O. The van der Waals surface area contributed by atoms with Gasteiger partial charge in [-0.05, 0) is 18.4 Å². The van der Waals surface area contributed by atoms with Crippen molar-refractivity contribution in [1.29, 1.82) is 0 Å². The number of hydrogen-bond acceptors (Lipinski definition) is 3. The lowest BCUT2D eigenvalue weighted by Gasteiger charge is -2.05. The summed E-state index contributed by atoms with van der Waals surface area (Å²) in [6.45, 7) is 2.72. The fraction of sp³-hybridized carbons (Fsp3) is 0.250. The number of rotatable bonds is 3. The Balaban J connectivity index is 2.36. The average Bonchev–Trinajstić information content (AvgIpc) is 2.25. The number of anilines is 1. The number of pyridine rings is 1. The van der Waals surface area contributed by atoms with Gasteiger partial charge in [0, 0.05) is 18.1 Å². The highest BCUT2D eigenvalue weighted by molar-refractivity contribution is 5.84. The highest BCUT2D eigenvalue weighted by atomic mass is 16.3. The van der Waals surface area contributed by atoms with Crippen LogP contribution in [0.5, 0.6) is 0 Å². The van der Waals surface area contributed by atoms with Crippen molar-refractivity contribution in [3.8, 4) is 0 Å². The summed E-state index contributed by atoms with van der Waals surface area (Å²) in [5, 5.41) is 14.0. The van der Waals surface area contributed by atoms with E-state index in [1.165, 1.54) is 10.9 Å². The minimum atomic E-state index is 0.119. The molecule has 1 heterocycles. The van der Waals surface area contributed by atoms with E-state index in [2.05, 4.69) is 35.4 Å². The number of aliphatic hydroxyl groups is 1. The highest BCUT2D eigenvalue weighted by Gasteiger charge is 1.97. The molecule has 2 aromatic rings. The molecule has 78 valence electrons. The van der Waals surface area contributed by atoms with E-state index >= 15 is 0 Å². The summed E-state index contributed by atoms with van der Waals surface area (Å²) in [4.78, 5) is 4.25. The van der Waals surface area contributed by atoms with Crippen LogP contribution in [-0.4, -0.2) is 23.2 Å². The van der Waals surface area contributed by atoms with Gasteiger partial charge in [0.2, 0.25) is 0 Å². The second-order valence-electron chi connectivity index (χ2n) is 3.57. The fourth-order valence-electron chi connectivity index (χ4n) is 1.54. The zero-order valence-electron chi connectivity index (χ0n) is 8.70. The van der Waals surface area contributed by atoms with Crippen LogP contribution in [0.4, 0.5) is 5.82 Å². The Morgan fingerprint density at radius 3 is 2.93 bits per heavy atom. The third kappa shape index (κ3) is 2.25. The van der Waals surface area contributed by atoms with Crippen molar-refractivity contribution < 1.29 is 5.11 Å². The third-order valence-corrected chi connectivity index (χ3v) is 2.30. The van der Waals surface area contributed by atoms with Crippen molar-refractivity contribution in [2.45, 2.75) is 6.92 Å². The van der Waals surface area contributed by atoms with Gasteiger partial charge >= 0.3 is 0 Å². The maximum absolute atomic E-state index is 8.69. The molecule has 3 heteroatoms. The van der Waals surface area contributed by atoms with Gasteiger partial charge in [-0.25, -0.2) is 4.98 Å². The van der Waals surface area contributed by atoms with E-state index in [4.69, 9.17) is 5.11 Å². The quantitative estimate of drug-likeness (QED) is 0.799. The van der Waals surface area contributed by atoms with E-state index in [0.717, 1.165) is 11.2 Å². The molecule has 0 aliphatic heterocycles. The summed E-state index contributed by atoms with van der Waals surface area (Å²) in [6.07, 6.45) is 1.84. The van der Waals surface area contributed by atoms with Gasteiger partial charge in [0.05, 0.1) is 6.61 Å². The minimum Gasteiger partial charge on any atom is -0.395 e. The first-order valence-corrected chi connectivity index (χ1v) is 5.01. The van der Waals surface area contributed by atoms with Gasteiger partial charge < -0.3 is 10.4 Å². The maximum Gasteiger partial charge on any atom is 0.126 e. The summed E-state index contributed by atoms with van der Waals surface area (Å²) in [5.41, 5.74) is 1.24. The van der Waals surface area contributed by atoms with Crippen LogP contribution in [0.3, 0.4) is 0 Å². The van der Waals surface area contributed by atoms with Crippen LogP contribution in [0.25, 0.3) is 10.8 Å². The Labute approximate surface area is 88.8 Å². The minimum absolute atomic E-state index is 0.119. The van der Waals surface area contributed by atoms with Crippen LogP contribution >= 0.6 is 0 Å². The maximum atomic E-state index is 8.69. The zero-order valence-corrected chi connectivity index (χ0v) is 8.70. The van der Waals surface area contributed by atoms with E-state index in [1.54, 1.807) is 0 Å². The van der Waals surface area contributed by atoms with E-state index in [-0.39, 0.29) is 6.61 Å². The molecule has 2 N–H and O–H groups in total. The highest BCUT2D eigenvalue weighted by Crippen LogP contribution is 2.17. The van der Waals surface area contributed by atoms with Gasteiger partial charge in [-0.2, -0.15) is 0 Å². The molecule has 0 saturated carbocycles. The van der Waals surface area contributed by atoms with Gasteiger partial charge in [-0.1, -0.05) is 23.8 Å². The number of benzene rings is 1. The topological polar surface area (TPSA) is 45.2 Å². The summed E-state index contributed by atoms with van der Waals surface area (Å²) in [7, 11) is 0. The molecule has 0 bridgehead atoms. The summed E-state index contributed by atoms with van der Waals surface area (Å²) in [5.74, 6) is 0.808. The van der Waals surface area contributed by atoms with E-state index < -0.39 is 0 Å². The number of aliphatic hydroxyl groups excluding tert-OH is 1. The van der Waals surface area contributed by atoms with Crippen LogP contribution in [-0.2, 0) is 0 Å². The number of fused-ring (bicyclic) bond motifs is 1. The summed E-state index contributed by atoms with van der Waals surface area (Å²) in [6, 6.07) is 8.26. The molecule has 0 aliphatic carbocycles. The normalized spacial score (nSPS) is 10.5. The van der Waals surface area contributed by atoms with Crippen molar-refractivity contribution in [3.63, 3.8) is 0 Å². The number of nitrogens with one attached hydrogen (secondary N) is 1. The molecular weight excluding hydrogens is 188 g/mol. The van der Waals surface area contributed by atoms with Gasteiger partial charge in [0.1, 0.15) is 5.82 Å². The van der Waals surface area contributed by atoms with Crippen LogP contribution in [0.2, 0.25) is 0 Å². The molecule has 0 amide bonds. The second kappa shape index (κ2) is 4.28. The lowest BCUT2D eigenvalue weighted by Crippen LogP contribution is -2.06.